The lowest BCUT2D eigenvalue weighted by Gasteiger charge is -2.40. The number of hydrogen-bond donors (Lipinski definition) is 0. The van der Waals surface area contributed by atoms with Crippen LogP contribution >= 0.6 is 0 Å². The molecule has 1 saturated heterocycles. The van der Waals surface area contributed by atoms with Crippen molar-refractivity contribution in [1.82, 2.24) is 4.90 Å². The van der Waals surface area contributed by atoms with Gasteiger partial charge in [-0.2, -0.15) is 0 Å². The first kappa shape index (κ1) is 18.9. The lowest BCUT2D eigenvalue weighted by atomic mass is 9.75. The van der Waals surface area contributed by atoms with Gasteiger partial charge in [-0.05, 0) is 64.3 Å². The molecule has 4 heteroatoms. The van der Waals surface area contributed by atoms with Gasteiger partial charge in [0.05, 0.1) is 12.0 Å². The van der Waals surface area contributed by atoms with E-state index in [-0.39, 0.29) is 11.4 Å². The zero-order valence-electron chi connectivity index (χ0n) is 15.6. The Morgan fingerprint density at radius 3 is 2.58 bits per heavy atom. The van der Waals surface area contributed by atoms with Crippen molar-refractivity contribution in [3.8, 4) is 0 Å². The first-order valence-corrected chi connectivity index (χ1v) is 8.95. The number of ether oxygens (including phenoxy) is 2. The fourth-order valence-electron chi connectivity index (χ4n) is 3.49. The summed E-state index contributed by atoms with van der Waals surface area (Å²) in [5.74, 6) is -0.0477. The Balaban J connectivity index is 2.01. The average molecular weight is 333 g/mol. The number of piperidine rings is 1. The van der Waals surface area contributed by atoms with Crippen molar-refractivity contribution in [2.45, 2.75) is 46.6 Å². The molecule has 0 aromatic heterocycles. The maximum Gasteiger partial charge on any atom is 0.312 e. The highest BCUT2D eigenvalue weighted by atomic mass is 16.5. The van der Waals surface area contributed by atoms with Crippen LogP contribution in [0.4, 0.5) is 0 Å². The predicted octanol–water partition coefficient (Wildman–Crippen LogP) is 3.49. The van der Waals surface area contributed by atoms with E-state index in [1.165, 1.54) is 16.7 Å². The first-order valence-electron chi connectivity index (χ1n) is 8.95. The summed E-state index contributed by atoms with van der Waals surface area (Å²) in [5, 5.41) is 0. The molecule has 0 atom stereocenters. The summed E-state index contributed by atoms with van der Waals surface area (Å²) in [5.41, 5.74) is 3.65. The number of nitrogens with zero attached hydrogens (tertiary/aromatic N) is 1. The number of benzene rings is 1. The van der Waals surface area contributed by atoms with Gasteiger partial charge < -0.3 is 9.47 Å². The van der Waals surface area contributed by atoms with Gasteiger partial charge in [0.2, 0.25) is 0 Å². The van der Waals surface area contributed by atoms with Gasteiger partial charge >= 0.3 is 5.97 Å². The van der Waals surface area contributed by atoms with Crippen LogP contribution in [0.1, 0.15) is 42.9 Å². The highest BCUT2D eigenvalue weighted by Crippen LogP contribution is 2.37. The van der Waals surface area contributed by atoms with Crippen LogP contribution in [0, 0.1) is 19.3 Å². The van der Waals surface area contributed by atoms with Crippen molar-refractivity contribution >= 4 is 5.97 Å². The molecule has 0 radical (unpaired) electrons. The minimum Gasteiger partial charge on any atom is -0.466 e. The maximum atomic E-state index is 12.5. The highest BCUT2D eigenvalue weighted by molar-refractivity contribution is 5.77. The molecule has 0 bridgehead atoms. The normalized spacial score (nSPS) is 17.7. The molecule has 0 unspecified atom stereocenters. The number of carbonyl (C=O) groups excluding carboxylic acids is 1. The van der Waals surface area contributed by atoms with Crippen molar-refractivity contribution in [2.75, 3.05) is 33.4 Å². The minimum absolute atomic E-state index is 0.0477. The van der Waals surface area contributed by atoms with E-state index < -0.39 is 0 Å². The molecule has 1 aromatic rings. The third kappa shape index (κ3) is 4.58. The molecule has 0 amide bonds. The number of hydrogen-bond acceptors (Lipinski definition) is 4. The van der Waals surface area contributed by atoms with Crippen molar-refractivity contribution in [1.29, 1.82) is 0 Å². The van der Waals surface area contributed by atoms with Crippen LogP contribution < -0.4 is 0 Å². The van der Waals surface area contributed by atoms with E-state index in [1.807, 2.05) is 6.92 Å². The Bertz CT molecular complexity index is 548. The summed E-state index contributed by atoms with van der Waals surface area (Å²) < 4.78 is 10.6. The lowest BCUT2D eigenvalue weighted by molar-refractivity contribution is -0.160. The van der Waals surface area contributed by atoms with Crippen LogP contribution in [-0.4, -0.2) is 44.3 Å². The van der Waals surface area contributed by atoms with Crippen LogP contribution in [0.2, 0.25) is 0 Å². The summed E-state index contributed by atoms with van der Waals surface area (Å²) in [6.45, 7) is 10.0. The molecule has 0 saturated carbocycles. The molecule has 24 heavy (non-hydrogen) atoms. The van der Waals surface area contributed by atoms with Crippen LogP contribution in [-0.2, 0) is 20.8 Å². The quantitative estimate of drug-likeness (QED) is 0.716. The second kappa shape index (κ2) is 8.63. The minimum atomic E-state index is -0.371. The predicted molar refractivity (Wildman–Crippen MR) is 96.0 cm³/mol. The molecular weight excluding hydrogens is 302 g/mol. The van der Waals surface area contributed by atoms with Crippen LogP contribution in [0.25, 0.3) is 0 Å². The molecule has 1 aromatic carbocycles. The summed E-state index contributed by atoms with van der Waals surface area (Å²) in [6, 6.07) is 6.62. The van der Waals surface area contributed by atoms with Gasteiger partial charge in [0, 0.05) is 20.3 Å². The molecule has 0 spiro atoms. The van der Waals surface area contributed by atoms with E-state index >= 15 is 0 Å². The number of carbonyl (C=O) groups is 1. The van der Waals surface area contributed by atoms with Crippen LogP contribution in [0.15, 0.2) is 18.2 Å². The molecule has 2 rings (SSSR count). The maximum absolute atomic E-state index is 12.5. The summed E-state index contributed by atoms with van der Waals surface area (Å²) in [7, 11) is 1.69. The molecular formula is C20H31NO3. The van der Waals surface area contributed by atoms with E-state index in [0.717, 1.165) is 38.9 Å². The number of rotatable bonds is 7. The van der Waals surface area contributed by atoms with Crippen molar-refractivity contribution < 1.29 is 14.3 Å². The van der Waals surface area contributed by atoms with E-state index in [2.05, 4.69) is 36.9 Å². The van der Waals surface area contributed by atoms with Crippen LogP contribution in [0.3, 0.4) is 0 Å². The second-order valence-electron chi connectivity index (χ2n) is 6.95. The second-order valence-corrected chi connectivity index (χ2v) is 6.95. The fourth-order valence-corrected chi connectivity index (χ4v) is 3.49. The Hall–Kier alpha value is -1.39. The highest BCUT2D eigenvalue weighted by Gasteiger charge is 2.42. The fraction of sp³-hybridized carbons (Fsp3) is 0.650. The van der Waals surface area contributed by atoms with Gasteiger partial charge in [0.25, 0.3) is 0 Å². The first-order chi connectivity index (χ1) is 11.5. The lowest BCUT2D eigenvalue weighted by Crippen LogP contribution is -2.45. The molecule has 1 aliphatic rings. The Labute approximate surface area is 146 Å². The zero-order valence-corrected chi connectivity index (χ0v) is 15.6. The Morgan fingerprint density at radius 2 is 1.96 bits per heavy atom. The van der Waals surface area contributed by atoms with Gasteiger partial charge in [0.1, 0.15) is 0 Å². The summed E-state index contributed by atoms with van der Waals surface area (Å²) in [6.07, 6.45) is 2.44. The molecule has 1 fully saturated rings. The van der Waals surface area contributed by atoms with Gasteiger partial charge in [-0.1, -0.05) is 23.8 Å². The Kier molecular flexibility index (Phi) is 6.81. The van der Waals surface area contributed by atoms with Crippen molar-refractivity contribution in [3.05, 3.63) is 34.9 Å². The monoisotopic (exact) mass is 333 g/mol. The molecule has 1 heterocycles. The van der Waals surface area contributed by atoms with Crippen LogP contribution in [0.5, 0.6) is 0 Å². The van der Waals surface area contributed by atoms with E-state index in [9.17, 15) is 4.79 Å². The smallest absolute Gasteiger partial charge is 0.312 e. The van der Waals surface area contributed by atoms with Gasteiger partial charge in [-0.3, -0.25) is 9.69 Å². The topological polar surface area (TPSA) is 38.8 Å². The molecule has 4 nitrogen and oxygen atoms in total. The van der Waals surface area contributed by atoms with Crippen molar-refractivity contribution in [3.63, 3.8) is 0 Å². The standard InChI is InChI=1S/C20H31NO3/c1-5-24-19(22)20(10-13-23-4)8-11-21(12-9-20)15-18-14-16(2)6-7-17(18)3/h6-7,14H,5,8-13,15H2,1-4H3. The molecule has 1 aliphatic heterocycles. The number of esters is 1. The van der Waals surface area contributed by atoms with E-state index in [1.54, 1.807) is 7.11 Å². The molecule has 134 valence electrons. The van der Waals surface area contributed by atoms with Gasteiger partial charge in [-0.15, -0.1) is 0 Å². The SMILES string of the molecule is CCOC(=O)C1(CCOC)CCN(Cc2cc(C)ccc2C)CC1. The molecule has 0 N–H and O–H groups in total. The third-order valence-corrected chi connectivity index (χ3v) is 5.20. The largest absolute Gasteiger partial charge is 0.466 e. The van der Waals surface area contributed by atoms with Crippen molar-refractivity contribution in [2.24, 2.45) is 5.41 Å². The van der Waals surface area contributed by atoms with E-state index in [4.69, 9.17) is 9.47 Å². The van der Waals surface area contributed by atoms with Gasteiger partial charge in [-0.25, -0.2) is 0 Å². The summed E-state index contributed by atoms with van der Waals surface area (Å²) in [4.78, 5) is 14.9. The summed E-state index contributed by atoms with van der Waals surface area (Å²) >= 11 is 0. The van der Waals surface area contributed by atoms with Gasteiger partial charge in [0.15, 0.2) is 0 Å². The number of likely N-dealkylation sites (tertiary alicyclic amines) is 1. The number of aryl methyl sites for hydroxylation is 2. The zero-order chi connectivity index (χ0) is 17.6. The third-order valence-electron chi connectivity index (χ3n) is 5.20. The molecule has 0 aliphatic carbocycles. The average Bonchev–Trinajstić information content (AvgIpc) is 2.58. The number of methoxy groups -OCH3 is 1. The Morgan fingerprint density at radius 1 is 1.25 bits per heavy atom. The van der Waals surface area contributed by atoms with E-state index in [0.29, 0.717) is 13.2 Å².